The molecule has 1 saturated heterocycles. The number of aldehydes is 1. The molecule has 158 valence electrons. The number of nitrogens with zero attached hydrogens (tertiary/aromatic N) is 2. The molecule has 30 heavy (non-hydrogen) atoms. The molecule has 3 aromatic rings. The Kier molecular flexibility index (Phi) is 7.37. The Morgan fingerprint density at radius 2 is 1.90 bits per heavy atom. The van der Waals surface area contributed by atoms with Gasteiger partial charge in [-0.3, -0.25) is 9.78 Å². The van der Waals surface area contributed by atoms with E-state index in [1.807, 2.05) is 13.1 Å². The van der Waals surface area contributed by atoms with Crippen molar-refractivity contribution in [2.75, 3.05) is 31.6 Å². The van der Waals surface area contributed by atoms with Crippen LogP contribution in [-0.4, -0.2) is 48.7 Å². The van der Waals surface area contributed by atoms with Crippen molar-refractivity contribution in [2.24, 2.45) is 0 Å². The molecule has 1 fully saturated rings. The van der Waals surface area contributed by atoms with Gasteiger partial charge in [0.25, 0.3) is 0 Å². The van der Waals surface area contributed by atoms with Gasteiger partial charge in [0.15, 0.2) is 0 Å². The van der Waals surface area contributed by atoms with Crippen LogP contribution in [0.5, 0.6) is 0 Å². The molecule has 1 aromatic heterocycles. The number of piperidine rings is 1. The van der Waals surface area contributed by atoms with Crippen LogP contribution in [0.2, 0.25) is 5.02 Å². The summed E-state index contributed by atoms with van der Waals surface area (Å²) in [6.07, 6.45) is 3.94. The van der Waals surface area contributed by atoms with Crippen molar-refractivity contribution in [3.8, 4) is 0 Å². The molecule has 4 rings (SSSR count). The zero-order valence-electron chi connectivity index (χ0n) is 16.8. The van der Waals surface area contributed by atoms with E-state index in [1.165, 1.54) is 12.1 Å². The van der Waals surface area contributed by atoms with Gasteiger partial charge in [0, 0.05) is 47.5 Å². The Balaban J connectivity index is 0.000000239. The van der Waals surface area contributed by atoms with Gasteiger partial charge in [0.1, 0.15) is 12.1 Å². The second-order valence-corrected chi connectivity index (χ2v) is 7.84. The van der Waals surface area contributed by atoms with E-state index in [2.05, 4.69) is 15.2 Å². The number of carbonyl (C=O) groups excluding carboxylic acids is 1. The van der Waals surface area contributed by atoms with Gasteiger partial charge in [-0.1, -0.05) is 23.7 Å². The third-order valence-electron chi connectivity index (χ3n) is 5.23. The first-order chi connectivity index (χ1) is 14.4. The van der Waals surface area contributed by atoms with Crippen LogP contribution in [0.25, 0.3) is 10.9 Å². The Labute approximate surface area is 180 Å². The van der Waals surface area contributed by atoms with E-state index >= 15 is 0 Å². The van der Waals surface area contributed by atoms with Crippen molar-refractivity contribution in [2.45, 2.75) is 18.4 Å². The number of halogens is 2. The number of benzene rings is 2. The highest BCUT2D eigenvalue weighted by Gasteiger charge is 2.32. The minimum absolute atomic E-state index is 0.250. The second-order valence-electron chi connectivity index (χ2n) is 7.40. The standard InChI is InChI=1S/C16H20FN3O.C7H5ClO/c1-18-11-16(21)5-8-20(9-6-16)15-4-7-19-14-3-2-12(17)10-13(14)15;8-7-3-1-6(5-9)2-4-7/h2-4,7,10,18,21H,5-6,8-9,11H2,1H3;1-5H. The number of pyridine rings is 1. The van der Waals surface area contributed by atoms with E-state index < -0.39 is 5.60 Å². The molecule has 0 radical (unpaired) electrons. The fourth-order valence-electron chi connectivity index (χ4n) is 3.59. The molecular formula is C23H25ClFN3O2. The molecule has 2 N–H and O–H groups in total. The van der Waals surface area contributed by atoms with Crippen molar-refractivity contribution < 1.29 is 14.3 Å². The molecule has 0 unspecified atom stereocenters. The fourth-order valence-corrected chi connectivity index (χ4v) is 3.72. The number of rotatable bonds is 4. The summed E-state index contributed by atoms with van der Waals surface area (Å²) in [7, 11) is 1.85. The summed E-state index contributed by atoms with van der Waals surface area (Å²) < 4.78 is 13.5. The largest absolute Gasteiger partial charge is 0.388 e. The van der Waals surface area contributed by atoms with Gasteiger partial charge in [-0.05, 0) is 56.3 Å². The summed E-state index contributed by atoms with van der Waals surface area (Å²) in [5.74, 6) is -0.250. The average Bonchev–Trinajstić information content (AvgIpc) is 2.75. The van der Waals surface area contributed by atoms with Gasteiger partial charge in [-0.15, -0.1) is 0 Å². The lowest BCUT2D eigenvalue weighted by molar-refractivity contribution is 0.0185. The molecule has 1 aliphatic heterocycles. The number of aromatic nitrogens is 1. The van der Waals surface area contributed by atoms with E-state index in [1.54, 1.807) is 36.5 Å². The molecule has 0 amide bonds. The summed E-state index contributed by atoms with van der Waals surface area (Å²) in [5, 5.41) is 15.0. The Morgan fingerprint density at radius 1 is 1.20 bits per heavy atom. The molecule has 0 atom stereocenters. The predicted molar refractivity (Wildman–Crippen MR) is 119 cm³/mol. The fraction of sp³-hybridized carbons (Fsp3) is 0.304. The smallest absolute Gasteiger partial charge is 0.150 e. The van der Waals surface area contributed by atoms with Gasteiger partial charge in [0.2, 0.25) is 0 Å². The highest BCUT2D eigenvalue weighted by atomic mass is 35.5. The SMILES string of the molecule is CNCC1(O)CCN(c2ccnc3ccc(F)cc23)CC1.O=Cc1ccc(Cl)cc1. The quantitative estimate of drug-likeness (QED) is 0.612. The molecule has 0 aliphatic carbocycles. The highest BCUT2D eigenvalue weighted by Crippen LogP contribution is 2.31. The van der Waals surface area contributed by atoms with Gasteiger partial charge in [0.05, 0.1) is 11.1 Å². The van der Waals surface area contributed by atoms with Gasteiger partial charge < -0.3 is 15.3 Å². The van der Waals surface area contributed by atoms with Crippen LogP contribution in [0.1, 0.15) is 23.2 Å². The monoisotopic (exact) mass is 429 g/mol. The van der Waals surface area contributed by atoms with Crippen molar-refractivity contribution in [3.05, 3.63) is 71.1 Å². The first-order valence-corrected chi connectivity index (χ1v) is 10.2. The van der Waals surface area contributed by atoms with Crippen LogP contribution < -0.4 is 10.2 Å². The van der Waals surface area contributed by atoms with Crippen molar-refractivity contribution in [3.63, 3.8) is 0 Å². The van der Waals surface area contributed by atoms with Crippen LogP contribution in [0.3, 0.4) is 0 Å². The van der Waals surface area contributed by atoms with Crippen molar-refractivity contribution >= 4 is 34.5 Å². The van der Waals surface area contributed by atoms with E-state index in [0.29, 0.717) is 30.0 Å². The summed E-state index contributed by atoms with van der Waals surface area (Å²) in [6.45, 7) is 2.12. The maximum absolute atomic E-state index is 13.5. The van der Waals surface area contributed by atoms with Crippen LogP contribution in [0.4, 0.5) is 10.1 Å². The third kappa shape index (κ3) is 5.53. The number of anilines is 1. The van der Waals surface area contributed by atoms with E-state index in [9.17, 15) is 14.3 Å². The van der Waals surface area contributed by atoms with E-state index in [-0.39, 0.29) is 5.82 Å². The van der Waals surface area contributed by atoms with E-state index in [4.69, 9.17) is 11.6 Å². The van der Waals surface area contributed by atoms with Gasteiger partial charge in [-0.25, -0.2) is 4.39 Å². The lowest BCUT2D eigenvalue weighted by Gasteiger charge is -2.39. The summed E-state index contributed by atoms with van der Waals surface area (Å²) in [4.78, 5) is 16.6. The summed E-state index contributed by atoms with van der Waals surface area (Å²) in [6, 6.07) is 13.3. The third-order valence-corrected chi connectivity index (χ3v) is 5.48. The number of nitrogens with one attached hydrogen (secondary N) is 1. The molecule has 2 heterocycles. The first-order valence-electron chi connectivity index (χ1n) is 9.81. The Morgan fingerprint density at radius 3 is 2.53 bits per heavy atom. The normalized spacial score (nSPS) is 15.4. The lowest BCUT2D eigenvalue weighted by atomic mass is 9.91. The second kappa shape index (κ2) is 9.98. The number of carbonyl (C=O) groups is 1. The average molecular weight is 430 g/mol. The van der Waals surface area contributed by atoms with Gasteiger partial charge >= 0.3 is 0 Å². The zero-order valence-corrected chi connectivity index (χ0v) is 17.6. The Hall–Kier alpha value is -2.54. The summed E-state index contributed by atoms with van der Waals surface area (Å²) in [5.41, 5.74) is 1.80. The van der Waals surface area contributed by atoms with Crippen LogP contribution >= 0.6 is 11.6 Å². The number of aliphatic hydroxyl groups is 1. The van der Waals surface area contributed by atoms with Gasteiger partial charge in [-0.2, -0.15) is 0 Å². The number of fused-ring (bicyclic) bond motifs is 1. The highest BCUT2D eigenvalue weighted by molar-refractivity contribution is 6.30. The minimum Gasteiger partial charge on any atom is -0.388 e. The zero-order chi connectivity index (χ0) is 21.6. The number of hydrogen-bond donors (Lipinski definition) is 2. The minimum atomic E-state index is -0.640. The molecular weight excluding hydrogens is 405 g/mol. The molecule has 2 aromatic carbocycles. The predicted octanol–water partition coefficient (Wildman–Crippen LogP) is 4.08. The van der Waals surface area contributed by atoms with Crippen molar-refractivity contribution in [1.29, 1.82) is 0 Å². The maximum Gasteiger partial charge on any atom is 0.150 e. The first kappa shape index (κ1) is 22.2. The topological polar surface area (TPSA) is 65.5 Å². The summed E-state index contributed by atoms with van der Waals surface area (Å²) >= 11 is 5.55. The van der Waals surface area contributed by atoms with Crippen LogP contribution in [0.15, 0.2) is 54.7 Å². The number of likely N-dealkylation sites (N-methyl/N-ethyl adjacent to an activating group) is 1. The molecule has 5 nitrogen and oxygen atoms in total. The van der Waals surface area contributed by atoms with Crippen LogP contribution in [-0.2, 0) is 0 Å². The lowest BCUT2D eigenvalue weighted by Crippen LogP contribution is -2.49. The molecule has 7 heteroatoms. The maximum atomic E-state index is 13.5. The molecule has 0 bridgehead atoms. The Bertz CT molecular complexity index is 989. The van der Waals surface area contributed by atoms with E-state index in [0.717, 1.165) is 36.0 Å². The van der Waals surface area contributed by atoms with Crippen molar-refractivity contribution in [1.82, 2.24) is 10.3 Å². The molecule has 0 spiro atoms. The molecule has 0 saturated carbocycles. The van der Waals surface area contributed by atoms with Crippen LogP contribution in [0, 0.1) is 5.82 Å². The number of hydrogen-bond acceptors (Lipinski definition) is 5. The molecule has 1 aliphatic rings.